The molecular weight excluding hydrogens is 362 g/mol. The lowest BCUT2D eigenvalue weighted by atomic mass is 10.1. The number of nitrogens with two attached hydrogens (primary N) is 1. The first-order chi connectivity index (χ1) is 11.6. The second kappa shape index (κ2) is 7.43. The van der Waals surface area contributed by atoms with Gasteiger partial charge in [-0.1, -0.05) is 29.8 Å². The van der Waals surface area contributed by atoms with Gasteiger partial charge in [0.15, 0.2) is 0 Å². The molecule has 2 rings (SSSR count). The van der Waals surface area contributed by atoms with E-state index in [1.165, 1.54) is 17.0 Å². The molecule has 0 saturated carbocycles. The summed E-state index contributed by atoms with van der Waals surface area (Å²) in [4.78, 5) is 14.0. The maximum Gasteiger partial charge on any atom is 0.322 e. The molecule has 0 bridgehead atoms. The van der Waals surface area contributed by atoms with Gasteiger partial charge in [-0.05, 0) is 49.2 Å². The molecule has 2 aromatic carbocycles. The molecule has 0 saturated heterocycles. The number of anilines is 1. The van der Waals surface area contributed by atoms with Gasteiger partial charge >= 0.3 is 6.03 Å². The lowest BCUT2D eigenvalue weighted by molar-refractivity contribution is 0.208. The third-order valence-electron chi connectivity index (χ3n) is 4.02. The fraction of sp³-hybridized carbons (Fsp3) is 0.235. The minimum Gasteiger partial charge on any atom is -0.321 e. The minimum absolute atomic E-state index is 0.0323. The van der Waals surface area contributed by atoms with Crippen LogP contribution >= 0.6 is 11.6 Å². The Bertz CT molecular complexity index is 883. The molecule has 6 nitrogen and oxygen atoms in total. The molecular formula is C17H20ClN3O3S. The number of nitrogens with zero attached hydrogens (tertiary/aromatic N) is 1. The number of benzene rings is 2. The third-order valence-corrected chi connectivity index (χ3v) is 5.35. The first-order valence-electron chi connectivity index (χ1n) is 7.52. The quantitative estimate of drug-likeness (QED) is 0.848. The number of carbonyl (C=O) groups is 1. The number of rotatable bonds is 4. The Balaban J connectivity index is 2.11. The van der Waals surface area contributed by atoms with E-state index in [2.05, 4.69) is 5.32 Å². The Morgan fingerprint density at radius 2 is 1.80 bits per heavy atom. The van der Waals surface area contributed by atoms with Crippen LogP contribution in [0, 0.1) is 6.92 Å². The van der Waals surface area contributed by atoms with Crippen LogP contribution in [0.4, 0.5) is 10.5 Å². The number of aryl methyl sites for hydroxylation is 1. The van der Waals surface area contributed by atoms with E-state index in [0.29, 0.717) is 10.7 Å². The van der Waals surface area contributed by atoms with Crippen LogP contribution in [-0.4, -0.2) is 26.4 Å². The summed E-state index contributed by atoms with van der Waals surface area (Å²) < 4.78 is 22.6. The Kier molecular flexibility index (Phi) is 5.72. The van der Waals surface area contributed by atoms with E-state index in [1.807, 2.05) is 19.9 Å². The van der Waals surface area contributed by atoms with E-state index in [4.69, 9.17) is 16.7 Å². The predicted molar refractivity (Wildman–Crippen MR) is 99.2 cm³/mol. The second-order valence-electron chi connectivity index (χ2n) is 5.80. The van der Waals surface area contributed by atoms with Crippen molar-refractivity contribution in [1.29, 1.82) is 0 Å². The summed E-state index contributed by atoms with van der Waals surface area (Å²) in [6.07, 6.45) is 0. The van der Waals surface area contributed by atoms with Crippen molar-refractivity contribution in [3.8, 4) is 0 Å². The van der Waals surface area contributed by atoms with Gasteiger partial charge in [0.1, 0.15) is 0 Å². The number of sulfonamides is 1. The van der Waals surface area contributed by atoms with E-state index in [1.54, 1.807) is 31.3 Å². The van der Waals surface area contributed by atoms with Crippen LogP contribution in [0.15, 0.2) is 47.4 Å². The number of urea groups is 1. The van der Waals surface area contributed by atoms with Gasteiger partial charge in [0, 0.05) is 17.8 Å². The average molecular weight is 382 g/mol. The fourth-order valence-corrected chi connectivity index (χ4v) is 2.91. The molecule has 0 radical (unpaired) electrons. The molecule has 134 valence electrons. The Morgan fingerprint density at radius 1 is 1.20 bits per heavy atom. The molecule has 0 aliphatic heterocycles. The van der Waals surface area contributed by atoms with Crippen LogP contribution in [0.25, 0.3) is 0 Å². The topological polar surface area (TPSA) is 92.5 Å². The highest BCUT2D eigenvalue weighted by molar-refractivity contribution is 7.89. The zero-order chi connectivity index (χ0) is 18.8. The van der Waals surface area contributed by atoms with Crippen LogP contribution in [0.2, 0.25) is 5.02 Å². The highest BCUT2D eigenvalue weighted by Crippen LogP contribution is 2.23. The van der Waals surface area contributed by atoms with Crippen LogP contribution in [-0.2, 0) is 10.0 Å². The molecule has 0 heterocycles. The van der Waals surface area contributed by atoms with Crippen molar-refractivity contribution < 1.29 is 13.2 Å². The predicted octanol–water partition coefficient (Wildman–Crippen LogP) is 3.52. The fourth-order valence-electron chi connectivity index (χ4n) is 2.22. The van der Waals surface area contributed by atoms with E-state index in [9.17, 15) is 13.2 Å². The van der Waals surface area contributed by atoms with Crippen LogP contribution < -0.4 is 10.5 Å². The molecule has 8 heteroatoms. The van der Waals surface area contributed by atoms with Crippen LogP contribution in [0.1, 0.15) is 24.1 Å². The number of hydrogen-bond acceptors (Lipinski definition) is 3. The smallest absolute Gasteiger partial charge is 0.321 e. The van der Waals surface area contributed by atoms with E-state index in [0.717, 1.165) is 11.1 Å². The summed E-state index contributed by atoms with van der Waals surface area (Å²) in [5.41, 5.74) is 2.31. The largest absolute Gasteiger partial charge is 0.322 e. The normalized spacial score (nSPS) is 12.5. The Hall–Kier alpha value is -2.09. The molecule has 1 unspecified atom stereocenters. The molecule has 0 aliphatic carbocycles. The summed E-state index contributed by atoms with van der Waals surface area (Å²) in [6.45, 7) is 3.72. The maximum atomic E-state index is 12.4. The van der Waals surface area contributed by atoms with Crippen molar-refractivity contribution in [3.05, 3.63) is 58.6 Å². The average Bonchev–Trinajstić information content (AvgIpc) is 2.56. The monoisotopic (exact) mass is 381 g/mol. The summed E-state index contributed by atoms with van der Waals surface area (Å²) in [5, 5.41) is 8.45. The van der Waals surface area contributed by atoms with E-state index in [-0.39, 0.29) is 17.0 Å². The van der Waals surface area contributed by atoms with Crippen LogP contribution in [0.3, 0.4) is 0 Å². The molecule has 2 amide bonds. The number of primary sulfonamides is 1. The maximum absolute atomic E-state index is 12.4. The summed E-state index contributed by atoms with van der Waals surface area (Å²) in [6, 6.07) is 10.8. The van der Waals surface area contributed by atoms with Gasteiger partial charge in [0.25, 0.3) is 0 Å². The standard InChI is InChI=1S/C17H20ClN3O3S/c1-11-4-7-14(10-16(11)18)20-17(22)21(3)12(2)13-5-8-15(9-6-13)25(19,23)24/h4-10,12H,1-3H3,(H,20,22)(H2,19,23,24). The second-order valence-corrected chi connectivity index (χ2v) is 7.76. The Morgan fingerprint density at radius 3 is 2.32 bits per heavy atom. The molecule has 1 atom stereocenters. The summed E-state index contributed by atoms with van der Waals surface area (Å²) >= 11 is 6.06. The van der Waals surface area contributed by atoms with Gasteiger partial charge in [0.05, 0.1) is 10.9 Å². The molecule has 2 aromatic rings. The molecule has 0 fully saturated rings. The van der Waals surface area contributed by atoms with Crippen molar-refractivity contribution in [2.24, 2.45) is 5.14 Å². The van der Waals surface area contributed by atoms with Crippen molar-refractivity contribution >= 4 is 33.3 Å². The zero-order valence-electron chi connectivity index (χ0n) is 14.2. The summed E-state index contributed by atoms with van der Waals surface area (Å²) in [7, 11) is -2.08. The molecule has 3 N–H and O–H groups in total. The lowest BCUT2D eigenvalue weighted by Gasteiger charge is -2.26. The van der Waals surface area contributed by atoms with Crippen molar-refractivity contribution in [1.82, 2.24) is 4.90 Å². The van der Waals surface area contributed by atoms with E-state index < -0.39 is 10.0 Å². The number of nitrogens with one attached hydrogen (secondary N) is 1. The molecule has 25 heavy (non-hydrogen) atoms. The van der Waals surface area contributed by atoms with Crippen LogP contribution in [0.5, 0.6) is 0 Å². The highest BCUT2D eigenvalue weighted by Gasteiger charge is 2.18. The van der Waals surface area contributed by atoms with Crippen molar-refractivity contribution in [3.63, 3.8) is 0 Å². The van der Waals surface area contributed by atoms with Gasteiger partial charge in [-0.2, -0.15) is 0 Å². The highest BCUT2D eigenvalue weighted by atomic mass is 35.5. The van der Waals surface area contributed by atoms with Gasteiger partial charge in [-0.25, -0.2) is 18.4 Å². The zero-order valence-corrected chi connectivity index (χ0v) is 15.7. The Labute approximate surface area is 152 Å². The number of halogens is 1. The third kappa shape index (κ3) is 4.72. The molecule has 0 spiro atoms. The van der Waals surface area contributed by atoms with Gasteiger partial charge in [0.2, 0.25) is 10.0 Å². The van der Waals surface area contributed by atoms with E-state index >= 15 is 0 Å². The molecule has 0 aliphatic rings. The SMILES string of the molecule is Cc1ccc(NC(=O)N(C)C(C)c2ccc(S(N)(=O)=O)cc2)cc1Cl. The lowest BCUT2D eigenvalue weighted by Crippen LogP contribution is -2.33. The first-order valence-corrected chi connectivity index (χ1v) is 9.44. The van der Waals surface area contributed by atoms with Crippen molar-refractivity contribution in [2.75, 3.05) is 12.4 Å². The first kappa shape index (κ1) is 19.2. The summed E-state index contributed by atoms with van der Waals surface area (Å²) in [5.74, 6) is 0. The number of amides is 2. The van der Waals surface area contributed by atoms with Gasteiger partial charge in [-0.15, -0.1) is 0 Å². The van der Waals surface area contributed by atoms with Gasteiger partial charge < -0.3 is 10.2 Å². The number of hydrogen-bond donors (Lipinski definition) is 2. The minimum atomic E-state index is -3.74. The molecule has 0 aromatic heterocycles. The number of carbonyl (C=O) groups excluding carboxylic acids is 1. The van der Waals surface area contributed by atoms with Crippen molar-refractivity contribution in [2.45, 2.75) is 24.8 Å². The van der Waals surface area contributed by atoms with Gasteiger partial charge in [-0.3, -0.25) is 0 Å².